The van der Waals surface area contributed by atoms with Gasteiger partial charge in [-0.2, -0.15) is 0 Å². The summed E-state index contributed by atoms with van der Waals surface area (Å²) in [5.74, 6) is 0. The van der Waals surface area contributed by atoms with Crippen molar-refractivity contribution in [2.75, 3.05) is 0 Å². The lowest BCUT2D eigenvalue weighted by Gasteiger charge is -2.32. The summed E-state index contributed by atoms with van der Waals surface area (Å²) in [6.45, 7) is 2.19. The van der Waals surface area contributed by atoms with Crippen LogP contribution in [0.3, 0.4) is 0 Å². The molecule has 2 heteroatoms. The first-order valence-corrected chi connectivity index (χ1v) is 13.8. The first-order chi connectivity index (χ1) is 16.8. The SMILES string of the molecule is Cc1ccc2c3c(c4ccccc4c2c1)-c1cnccc1[Si]3(c1ccccc1)c1ccccc1. The molecule has 1 nitrogen and oxygen atoms in total. The van der Waals surface area contributed by atoms with Gasteiger partial charge >= 0.3 is 0 Å². The van der Waals surface area contributed by atoms with E-state index in [1.54, 1.807) is 0 Å². The number of rotatable bonds is 2. The molecule has 1 aromatic heterocycles. The van der Waals surface area contributed by atoms with E-state index in [9.17, 15) is 0 Å². The van der Waals surface area contributed by atoms with E-state index in [-0.39, 0.29) is 0 Å². The molecule has 1 aliphatic rings. The Morgan fingerprint density at radius 3 is 1.94 bits per heavy atom. The number of aromatic nitrogens is 1. The minimum absolute atomic E-state index is 1.29. The molecule has 0 bridgehead atoms. The van der Waals surface area contributed by atoms with Gasteiger partial charge in [-0.15, -0.1) is 0 Å². The van der Waals surface area contributed by atoms with Gasteiger partial charge in [-0.25, -0.2) is 0 Å². The van der Waals surface area contributed by atoms with Gasteiger partial charge in [0.1, 0.15) is 0 Å². The van der Waals surface area contributed by atoms with Crippen molar-refractivity contribution in [3.63, 3.8) is 0 Å². The van der Waals surface area contributed by atoms with Crippen LogP contribution in [0.4, 0.5) is 0 Å². The Hall–Kier alpha value is -4.01. The van der Waals surface area contributed by atoms with Crippen LogP contribution in [0.2, 0.25) is 0 Å². The molecule has 7 rings (SSSR count). The van der Waals surface area contributed by atoms with Crippen molar-refractivity contribution in [3.05, 3.63) is 127 Å². The van der Waals surface area contributed by atoms with Crippen molar-refractivity contribution in [2.24, 2.45) is 0 Å². The number of hydrogen-bond donors (Lipinski definition) is 0. The molecule has 0 radical (unpaired) electrons. The van der Waals surface area contributed by atoms with E-state index in [2.05, 4.69) is 127 Å². The summed E-state index contributed by atoms with van der Waals surface area (Å²) in [5.41, 5.74) is 3.95. The van der Waals surface area contributed by atoms with Gasteiger partial charge in [0.25, 0.3) is 0 Å². The quantitative estimate of drug-likeness (QED) is 0.266. The molecule has 0 N–H and O–H groups in total. The van der Waals surface area contributed by atoms with Crippen LogP contribution in [-0.4, -0.2) is 13.1 Å². The molecule has 6 aromatic rings. The average molecular weight is 450 g/mol. The highest BCUT2D eigenvalue weighted by atomic mass is 28.3. The third kappa shape index (κ3) is 2.46. The van der Waals surface area contributed by atoms with Crippen LogP contribution in [0, 0.1) is 6.92 Å². The molecule has 0 atom stereocenters. The Balaban J connectivity index is 1.81. The molecule has 1 aliphatic heterocycles. The molecule has 5 aromatic carbocycles. The Morgan fingerprint density at radius 1 is 0.588 bits per heavy atom. The van der Waals surface area contributed by atoms with Gasteiger partial charge < -0.3 is 0 Å². The highest BCUT2D eigenvalue weighted by molar-refractivity contribution is 7.23. The largest absolute Gasteiger partial charge is 0.264 e. The second-order valence-corrected chi connectivity index (χ2v) is 12.9. The van der Waals surface area contributed by atoms with Gasteiger partial charge in [-0.3, -0.25) is 4.98 Å². The minimum Gasteiger partial charge on any atom is -0.264 e. The van der Waals surface area contributed by atoms with Gasteiger partial charge in [0, 0.05) is 18.0 Å². The summed E-state index contributed by atoms with van der Waals surface area (Å²) in [6.07, 6.45) is 4.08. The molecule has 2 heterocycles. The molecule has 0 saturated carbocycles. The maximum Gasteiger partial charge on any atom is 0.181 e. The molecular formula is C32H23NSi. The first kappa shape index (κ1) is 19.5. The summed E-state index contributed by atoms with van der Waals surface area (Å²) in [7, 11) is -2.56. The lowest BCUT2D eigenvalue weighted by Crippen LogP contribution is -2.73. The van der Waals surface area contributed by atoms with E-state index in [0.29, 0.717) is 0 Å². The monoisotopic (exact) mass is 449 g/mol. The van der Waals surface area contributed by atoms with Crippen molar-refractivity contribution < 1.29 is 0 Å². The number of nitrogens with zero attached hydrogens (tertiary/aromatic N) is 1. The van der Waals surface area contributed by atoms with Crippen molar-refractivity contribution in [1.82, 2.24) is 4.98 Å². The fourth-order valence-electron chi connectivity index (χ4n) is 6.17. The smallest absolute Gasteiger partial charge is 0.181 e. The number of aryl methyl sites for hydroxylation is 1. The Kier molecular flexibility index (Phi) is 4.14. The Bertz CT molecular complexity index is 1670. The van der Waals surface area contributed by atoms with Gasteiger partial charge in [0.05, 0.1) is 0 Å². The molecule has 0 spiro atoms. The molecule has 0 amide bonds. The molecule has 34 heavy (non-hydrogen) atoms. The van der Waals surface area contributed by atoms with Crippen LogP contribution in [0.1, 0.15) is 5.56 Å². The molecule has 0 fully saturated rings. The van der Waals surface area contributed by atoms with Gasteiger partial charge in [0.2, 0.25) is 0 Å². The topological polar surface area (TPSA) is 12.9 Å². The van der Waals surface area contributed by atoms with E-state index in [1.165, 1.54) is 59.0 Å². The summed E-state index contributed by atoms with van der Waals surface area (Å²) in [5, 5.41) is 11.1. The Labute approximate surface area is 200 Å². The molecule has 0 unspecified atom stereocenters. The highest BCUT2D eigenvalue weighted by Crippen LogP contribution is 2.39. The predicted octanol–water partition coefficient (Wildman–Crippen LogP) is 5.05. The third-order valence-corrected chi connectivity index (χ3v) is 12.4. The summed E-state index contributed by atoms with van der Waals surface area (Å²) in [6, 6.07) is 40.6. The van der Waals surface area contributed by atoms with E-state index in [0.717, 1.165) is 0 Å². The van der Waals surface area contributed by atoms with E-state index >= 15 is 0 Å². The maximum atomic E-state index is 4.63. The van der Waals surface area contributed by atoms with E-state index < -0.39 is 8.07 Å². The van der Waals surface area contributed by atoms with Crippen LogP contribution in [0.5, 0.6) is 0 Å². The van der Waals surface area contributed by atoms with Crippen LogP contribution >= 0.6 is 0 Å². The van der Waals surface area contributed by atoms with Crippen LogP contribution in [0.15, 0.2) is 122 Å². The van der Waals surface area contributed by atoms with Crippen LogP contribution < -0.4 is 20.7 Å². The van der Waals surface area contributed by atoms with Crippen LogP contribution in [-0.2, 0) is 0 Å². The predicted molar refractivity (Wildman–Crippen MR) is 147 cm³/mol. The molecule has 0 aliphatic carbocycles. The number of pyridine rings is 1. The van der Waals surface area contributed by atoms with Crippen molar-refractivity contribution in [3.8, 4) is 11.1 Å². The van der Waals surface area contributed by atoms with Gasteiger partial charge in [0.15, 0.2) is 8.07 Å². The normalized spacial score (nSPS) is 13.7. The number of hydrogen-bond acceptors (Lipinski definition) is 1. The maximum absolute atomic E-state index is 4.63. The lowest BCUT2D eigenvalue weighted by molar-refractivity contribution is 1.35. The molecule has 160 valence electrons. The number of benzene rings is 5. The van der Waals surface area contributed by atoms with Crippen LogP contribution in [0.25, 0.3) is 32.7 Å². The van der Waals surface area contributed by atoms with E-state index in [4.69, 9.17) is 0 Å². The highest BCUT2D eigenvalue weighted by Gasteiger charge is 2.50. The van der Waals surface area contributed by atoms with Gasteiger partial charge in [-0.05, 0) is 60.8 Å². The van der Waals surface area contributed by atoms with Gasteiger partial charge in [-0.1, -0.05) is 109 Å². The summed E-state index contributed by atoms with van der Waals surface area (Å²) < 4.78 is 0. The third-order valence-electron chi connectivity index (χ3n) is 7.46. The summed E-state index contributed by atoms with van der Waals surface area (Å²) in [4.78, 5) is 4.63. The summed E-state index contributed by atoms with van der Waals surface area (Å²) >= 11 is 0. The standard InChI is InChI=1S/C32H23NSi/c1-22-16-17-27-28(20-22)25-14-8-9-15-26(25)31-29-21-33-19-18-30(29)34(32(27)31,23-10-4-2-5-11-23)24-12-6-3-7-13-24/h2-21H,1H3. The first-order valence-electron chi connectivity index (χ1n) is 11.8. The fraction of sp³-hybridized carbons (Fsp3) is 0.0312. The zero-order valence-electron chi connectivity index (χ0n) is 19.0. The fourth-order valence-corrected chi connectivity index (χ4v) is 11.5. The molecular weight excluding hydrogens is 426 g/mol. The molecule has 0 saturated heterocycles. The van der Waals surface area contributed by atoms with Crippen molar-refractivity contribution in [2.45, 2.75) is 6.92 Å². The van der Waals surface area contributed by atoms with E-state index in [1.807, 2.05) is 6.20 Å². The zero-order chi connectivity index (χ0) is 22.7. The zero-order valence-corrected chi connectivity index (χ0v) is 20.0. The average Bonchev–Trinajstić information content (AvgIpc) is 3.22. The second-order valence-electron chi connectivity index (χ2n) is 9.25. The Morgan fingerprint density at radius 2 is 1.24 bits per heavy atom. The number of fused-ring (bicyclic) bond motifs is 8. The minimum atomic E-state index is -2.56. The van der Waals surface area contributed by atoms with Crippen molar-refractivity contribution >= 4 is 50.4 Å². The lowest BCUT2D eigenvalue weighted by atomic mass is 9.93. The second kappa shape index (κ2) is 7.24. The van der Waals surface area contributed by atoms with Crippen molar-refractivity contribution in [1.29, 1.82) is 0 Å².